The van der Waals surface area contributed by atoms with Crippen LogP contribution in [0.1, 0.15) is 105 Å². The summed E-state index contributed by atoms with van der Waals surface area (Å²) in [5.74, 6) is 2.02. The average molecular weight is 625 g/mol. The highest BCUT2D eigenvalue weighted by Crippen LogP contribution is 2.27. The van der Waals surface area contributed by atoms with Gasteiger partial charge in [-0.15, -0.1) is 0 Å². The molecular formula is C39H60O6. The number of rotatable bonds is 25. The van der Waals surface area contributed by atoms with Crippen LogP contribution in [0.4, 0.5) is 0 Å². The Kier molecular flexibility index (Phi) is 18.3. The van der Waals surface area contributed by atoms with Crippen LogP contribution < -0.4 is 4.74 Å². The van der Waals surface area contributed by atoms with Crippen molar-refractivity contribution < 1.29 is 28.5 Å². The summed E-state index contributed by atoms with van der Waals surface area (Å²) in [6, 6.07) is 16.7. The molecule has 2 aromatic carbocycles. The first-order valence-corrected chi connectivity index (χ1v) is 17.1. The van der Waals surface area contributed by atoms with E-state index in [0.717, 1.165) is 36.7 Å². The lowest BCUT2D eigenvalue weighted by atomic mass is 9.81. The smallest absolute Gasteiger partial charge is 0.164 e. The van der Waals surface area contributed by atoms with Gasteiger partial charge in [0.15, 0.2) is 11.6 Å². The number of hydrogen-bond donors (Lipinski definition) is 0. The van der Waals surface area contributed by atoms with E-state index in [2.05, 4.69) is 64.1 Å². The number of ether oxygens (including phenoxy) is 4. The Morgan fingerprint density at radius 2 is 1.24 bits per heavy atom. The molecule has 1 unspecified atom stereocenters. The van der Waals surface area contributed by atoms with Crippen molar-refractivity contribution in [3.05, 3.63) is 54.1 Å². The van der Waals surface area contributed by atoms with Gasteiger partial charge in [0, 0.05) is 31.2 Å². The van der Waals surface area contributed by atoms with E-state index >= 15 is 0 Å². The number of hydrogen-bond acceptors (Lipinski definition) is 6. The molecule has 0 spiro atoms. The molecule has 1 atom stereocenters. The number of carbonyl (C=O) groups is 2. The quantitative estimate of drug-likeness (QED) is 0.103. The lowest BCUT2D eigenvalue weighted by Crippen LogP contribution is -2.30. The van der Waals surface area contributed by atoms with Gasteiger partial charge < -0.3 is 18.9 Å². The van der Waals surface area contributed by atoms with Crippen molar-refractivity contribution in [2.24, 2.45) is 17.3 Å². The highest BCUT2D eigenvalue weighted by molar-refractivity contribution is 5.85. The zero-order valence-corrected chi connectivity index (χ0v) is 29.2. The summed E-state index contributed by atoms with van der Waals surface area (Å²) in [6.45, 7) is 17.5. The van der Waals surface area contributed by atoms with Crippen LogP contribution in [0, 0.1) is 17.3 Å². The molecule has 0 aliphatic rings. The molecule has 0 saturated carbocycles. The first-order valence-electron chi connectivity index (χ1n) is 17.1. The Hall–Kier alpha value is -2.54. The summed E-state index contributed by atoms with van der Waals surface area (Å²) in [6.07, 6.45) is 6.93. The second-order valence-corrected chi connectivity index (χ2v) is 13.7. The van der Waals surface area contributed by atoms with Gasteiger partial charge in [0.1, 0.15) is 25.6 Å². The maximum Gasteiger partial charge on any atom is 0.164 e. The fourth-order valence-electron chi connectivity index (χ4n) is 4.87. The van der Waals surface area contributed by atoms with Crippen molar-refractivity contribution in [1.82, 2.24) is 0 Å². The number of benzene rings is 2. The standard InChI is InChI=1S/C39H60O6/c1-30(2)12-9-8-10-23-42-24-11-25-43-28-37(40)32(5)21-22-39(6,7)38(41)29-44-26-27-45-36-19-17-35(18-20-36)34-15-13-33(14-16-34)31(3)4/h13-20,30-32H,8-12,21-29H2,1-7H3. The molecule has 0 amide bonds. The normalized spacial score (nSPS) is 12.6. The lowest BCUT2D eigenvalue weighted by Gasteiger charge is -2.24. The molecule has 0 aliphatic carbocycles. The summed E-state index contributed by atoms with van der Waals surface area (Å²) >= 11 is 0. The van der Waals surface area contributed by atoms with Gasteiger partial charge in [-0.1, -0.05) is 104 Å². The van der Waals surface area contributed by atoms with E-state index in [1.54, 1.807) is 0 Å². The van der Waals surface area contributed by atoms with Crippen LogP contribution in [-0.4, -0.2) is 57.8 Å². The molecule has 0 aliphatic heterocycles. The van der Waals surface area contributed by atoms with E-state index in [1.807, 2.05) is 32.9 Å². The maximum atomic E-state index is 12.8. The second-order valence-electron chi connectivity index (χ2n) is 13.7. The fraction of sp³-hybridized carbons (Fsp3) is 0.641. The van der Waals surface area contributed by atoms with Crippen LogP contribution in [0.3, 0.4) is 0 Å². The van der Waals surface area contributed by atoms with Crippen molar-refractivity contribution in [2.75, 3.05) is 46.2 Å². The van der Waals surface area contributed by atoms with Gasteiger partial charge in [-0.2, -0.15) is 0 Å². The molecule has 0 radical (unpaired) electrons. The molecule has 2 aromatic rings. The van der Waals surface area contributed by atoms with Gasteiger partial charge in [0.05, 0.1) is 6.61 Å². The van der Waals surface area contributed by atoms with Crippen molar-refractivity contribution >= 4 is 11.6 Å². The van der Waals surface area contributed by atoms with Crippen molar-refractivity contribution in [2.45, 2.75) is 99.3 Å². The van der Waals surface area contributed by atoms with Crippen LogP contribution >= 0.6 is 0 Å². The fourth-order valence-corrected chi connectivity index (χ4v) is 4.87. The van der Waals surface area contributed by atoms with Crippen LogP contribution in [0.25, 0.3) is 11.1 Å². The number of unbranched alkanes of at least 4 members (excludes halogenated alkanes) is 2. The van der Waals surface area contributed by atoms with Gasteiger partial charge in [0.25, 0.3) is 0 Å². The van der Waals surface area contributed by atoms with E-state index in [9.17, 15) is 9.59 Å². The predicted octanol–water partition coefficient (Wildman–Crippen LogP) is 9.09. The zero-order chi connectivity index (χ0) is 33.1. The van der Waals surface area contributed by atoms with E-state index < -0.39 is 5.41 Å². The molecule has 6 nitrogen and oxygen atoms in total. The number of ketones is 2. The highest BCUT2D eigenvalue weighted by atomic mass is 16.5. The van der Waals surface area contributed by atoms with Crippen LogP contribution in [0.15, 0.2) is 48.5 Å². The lowest BCUT2D eigenvalue weighted by molar-refractivity contribution is -0.133. The summed E-state index contributed by atoms with van der Waals surface area (Å²) < 4.78 is 22.7. The van der Waals surface area contributed by atoms with Gasteiger partial charge in [0.2, 0.25) is 0 Å². The summed E-state index contributed by atoms with van der Waals surface area (Å²) in [5, 5.41) is 0. The van der Waals surface area contributed by atoms with E-state index in [0.29, 0.717) is 45.2 Å². The summed E-state index contributed by atoms with van der Waals surface area (Å²) in [4.78, 5) is 25.3. The first-order chi connectivity index (χ1) is 21.5. The summed E-state index contributed by atoms with van der Waals surface area (Å²) in [7, 11) is 0. The Bertz CT molecular complexity index is 1090. The molecular weight excluding hydrogens is 564 g/mol. The first kappa shape index (κ1) is 38.6. The van der Waals surface area contributed by atoms with Crippen LogP contribution in [0.5, 0.6) is 5.75 Å². The predicted molar refractivity (Wildman–Crippen MR) is 184 cm³/mol. The van der Waals surface area contributed by atoms with E-state index in [-0.39, 0.29) is 30.7 Å². The summed E-state index contributed by atoms with van der Waals surface area (Å²) in [5.41, 5.74) is 3.09. The van der Waals surface area contributed by atoms with Gasteiger partial charge >= 0.3 is 0 Å². The zero-order valence-electron chi connectivity index (χ0n) is 29.2. The number of Topliss-reactive ketones (excluding diaryl/α,β-unsaturated/α-hetero) is 2. The second kappa shape index (κ2) is 21.3. The Morgan fingerprint density at radius 1 is 0.644 bits per heavy atom. The SMILES string of the molecule is CC(C)CCCCCOCCCOCC(=O)C(C)CCC(C)(C)C(=O)COCCOc1ccc(-c2ccc(C(C)C)cc2)cc1. The minimum Gasteiger partial charge on any atom is -0.491 e. The molecule has 0 heterocycles. The highest BCUT2D eigenvalue weighted by Gasteiger charge is 2.28. The Balaban J connectivity index is 1.54. The average Bonchev–Trinajstić information content (AvgIpc) is 3.02. The van der Waals surface area contributed by atoms with Crippen LogP contribution in [0.2, 0.25) is 0 Å². The molecule has 0 N–H and O–H groups in total. The molecule has 6 heteroatoms. The van der Waals surface area contributed by atoms with Crippen molar-refractivity contribution in [1.29, 1.82) is 0 Å². The molecule has 0 saturated heterocycles. The minimum atomic E-state index is -0.564. The molecule has 0 fully saturated rings. The third-order valence-electron chi connectivity index (χ3n) is 8.39. The largest absolute Gasteiger partial charge is 0.491 e. The third-order valence-corrected chi connectivity index (χ3v) is 8.39. The topological polar surface area (TPSA) is 71.1 Å². The molecule has 0 aromatic heterocycles. The van der Waals surface area contributed by atoms with E-state index in [4.69, 9.17) is 18.9 Å². The number of carbonyl (C=O) groups excluding carboxylic acids is 2. The molecule has 0 bridgehead atoms. The third kappa shape index (κ3) is 16.0. The van der Waals surface area contributed by atoms with Crippen LogP contribution in [-0.2, 0) is 23.8 Å². The maximum absolute atomic E-state index is 12.8. The molecule has 45 heavy (non-hydrogen) atoms. The van der Waals surface area contributed by atoms with Crippen molar-refractivity contribution in [3.8, 4) is 16.9 Å². The van der Waals surface area contributed by atoms with E-state index in [1.165, 1.54) is 30.4 Å². The minimum absolute atomic E-state index is 0.0335. The monoisotopic (exact) mass is 624 g/mol. The molecule has 252 valence electrons. The van der Waals surface area contributed by atoms with Crippen molar-refractivity contribution in [3.63, 3.8) is 0 Å². The Morgan fingerprint density at radius 3 is 1.89 bits per heavy atom. The van der Waals surface area contributed by atoms with Gasteiger partial charge in [-0.05, 0) is 66.3 Å². The Labute approximate surface area is 273 Å². The molecule has 2 rings (SSSR count). The van der Waals surface area contributed by atoms with Gasteiger partial charge in [-0.3, -0.25) is 9.59 Å². The van der Waals surface area contributed by atoms with Gasteiger partial charge in [-0.25, -0.2) is 0 Å².